The van der Waals surface area contributed by atoms with E-state index in [0.717, 1.165) is 25.9 Å². The van der Waals surface area contributed by atoms with E-state index in [-0.39, 0.29) is 6.23 Å². The number of aliphatic hydroxyl groups is 3. The fraction of sp³-hybridized carbons (Fsp3) is 0.727. The topological polar surface area (TPSA) is 87.7 Å². The first-order chi connectivity index (χ1) is 8.22. The highest BCUT2D eigenvalue weighted by Crippen LogP contribution is 2.24. The third-order valence-electron chi connectivity index (χ3n) is 2.97. The maximum atomic E-state index is 9.70. The average molecular weight is 242 g/mol. The van der Waals surface area contributed by atoms with Gasteiger partial charge in [0.05, 0.1) is 12.8 Å². The zero-order valence-corrected chi connectivity index (χ0v) is 9.57. The van der Waals surface area contributed by atoms with E-state index in [1.54, 1.807) is 10.9 Å². The fourth-order valence-corrected chi connectivity index (χ4v) is 1.92. The summed E-state index contributed by atoms with van der Waals surface area (Å²) in [5.74, 6) is 0. The lowest BCUT2D eigenvalue weighted by Crippen LogP contribution is -2.22. The van der Waals surface area contributed by atoms with Crippen LogP contribution in [0.1, 0.15) is 37.2 Å². The van der Waals surface area contributed by atoms with Gasteiger partial charge >= 0.3 is 0 Å². The molecule has 6 heteroatoms. The van der Waals surface area contributed by atoms with Crippen molar-refractivity contribution >= 4 is 0 Å². The molecule has 2 unspecified atom stereocenters. The van der Waals surface area contributed by atoms with Crippen LogP contribution < -0.4 is 0 Å². The van der Waals surface area contributed by atoms with Crippen molar-refractivity contribution in [3.8, 4) is 0 Å². The summed E-state index contributed by atoms with van der Waals surface area (Å²) < 4.78 is 7.21. The average Bonchev–Trinajstić information content (AvgIpc) is 2.87. The van der Waals surface area contributed by atoms with Crippen LogP contribution in [-0.2, 0) is 4.74 Å². The normalized spacial score (nSPS) is 24.5. The molecule has 1 aromatic rings. The molecule has 1 saturated heterocycles. The minimum absolute atomic E-state index is 0.0871. The lowest BCUT2D eigenvalue weighted by atomic mass is 10.1. The summed E-state index contributed by atoms with van der Waals surface area (Å²) in [5.41, 5.74) is 0.487. The molecular weight excluding hydrogens is 224 g/mol. The quantitative estimate of drug-likeness (QED) is 0.690. The minimum atomic E-state index is -1.18. The van der Waals surface area contributed by atoms with E-state index in [0.29, 0.717) is 5.56 Å². The summed E-state index contributed by atoms with van der Waals surface area (Å²) in [7, 11) is 0. The second kappa shape index (κ2) is 5.59. The van der Waals surface area contributed by atoms with Gasteiger partial charge in [0.1, 0.15) is 18.4 Å². The number of rotatable bonds is 4. The van der Waals surface area contributed by atoms with Crippen molar-refractivity contribution < 1.29 is 20.1 Å². The lowest BCUT2D eigenvalue weighted by Gasteiger charge is -2.22. The van der Waals surface area contributed by atoms with Crippen molar-refractivity contribution in [3.63, 3.8) is 0 Å². The zero-order chi connectivity index (χ0) is 12.3. The van der Waals surface area contributed by atoms with E-state index >= 15 is 0 Å². The van der Waals surface area contributed by atoms with Gasteiger partial charge in [0, 0.05) is 18.4 Å². The van der Waals surface area contributed by atoms with Gasteiger partial charge in [-0.1, -0.05) is 0 Å². The summed E-state index contributed by atoms with van der Waals surface area (Å²) >= 11 is 0. The van der Waals surface area contributed by atoms with Crippen LogP contribution in [0.4, 0.5) is 0 Å². The Morgan fingerprint density at radius 1 is 1.47 bits per heavy atom. The van der Waals surface area contributed by atoms with Gasteiger partial charge in [0.2, 0.25) is 0 Å². The standard InChI is InChI=1S/C11H18N2O4/c14-7-9(15)11(16)8-5-12-13(6-8)10-3-1-2-4-17-10/h5-6,9-11,14-16H,1-4,7H2/t9?,10-,11?/m0/s1. The number of hydrogen-bond donors (Lipinski definition) is 3. The highest BCUT2D eigenvalue weighted by molar-refractivity contribution is 5.10. The zero-order valence-electron chi connectivity index (χ0n) is 9.57. The molecule has 0 amide bonds. The summed E-state index contributed by atoms with van der Waals surface area (Å²) in [6, 6.07) is 0. The molecule has 1 fully saturated rings. The van der Waals surface area contributed by atoms with Crippen LogP contribution in [0.5, 0.6) is 0 Å². The van der Waals surface area contributed by atoms with E-state index in [1.165, 1.54) is 6.20 Å². The number of aliphatic hydroxyl groups excluding tert-OH is 3. The molecule has 6 nitrogen and oxygen atoms in total. The molecule has 0 aromatic carbocycles. The Bertz CT molecular complexity index is 332. The van der Waals surface area contributed by atoms with Crippen LogP contribution in [-0.4, -0.2) is 44.4 Å². The molecule has 1 aliphatic heterocycles. The molecule has 1 aliphatic rings. The summed E-state index contributed by atoms with van der Waals surface area (Å²) in [6.45, 7) is 0.244. The van der Waals surface area contributed by atoms with E-state index in [1.807, 2.05) is 0 Å². The Kier molecular flexibility index (Phi) is 4.11. The highest BCUT2D eigenvalue weighted by atomic mass is 16.5. The number of nitrogens with zero attached hydrogens (tertiary/aromatic N) is 2. The maximum absolute atomic E-state index is 9.70. The molecule has 0 bridgehead atoms. The molecule has 0 radical (unpaired) electrons. The van der Waals surface area contributed by atoms with Crippen LogP contribution in [0.25, 0.3) is 0 Å². The van der Waals surface area contributed by atoms with Gasteiger partial charge in [0.15, 0.2) is 0 Å². The molecular formula is C11H18N2O4. The number of ether oxygens (including phenoxy) is 1. The van der Waals surface area contributed by atoms with Crippen LogP contribution in [0.15, 0.2) is 12.4 Å². The summed E-state index contributed by atoms with van der Waals surface area (Å²) in [6.07, 6.45) is 3.83. The monoisotopic (exact) mass is 242 g/mol. The molecule has 0 saturated carbocycles. The molecule has 3 atom stereocenters. The van der Waals surface area contributed by atoms with Crippen molar-refractivity contribution in [2.75, 3.05) is 13.2 Å². The molecule has 2 rings (SSSR count). The predicted molar refractivity (Wildman–Crippen MR) is 59.1 cm³/mol. The van der Waals surface area contributed by atoms with E-state index in [2.05, 4.69) is 5.10 Å². The molecule has 0 aliphatic carbocycles. The third kappa shape index (κ3) is 2.84. The number of hydrogen-bond acceptors (Lipinski definition) is 5. The summed E-state index contributed by atoms with van der Waals surface area (Å²) in [5, 5.41) is 31.9. The minimum Gasteiger partial charge on any atom is -0.394 e. The van der Waals surface area contributed by atoms with E-state index in [4.69, 9.17) is 9.84 Å². The predicted octanol–water partition coefficient (Wildman–Crippen LogP) is -0.0312. The van der Waals surface area contributed by atoms with Crippen LogP contribution in [0, 0.1) is 0 Å². The lowest BCUT2D eigenvalue weighted by molar-refractivity contribution is -0.0401. The largest absolute Gasteiger partial charge is 0.394 e. The summed E-state index contributed by atoms with van der Waals surface area (Å²) in [4.78, 5) is 0. The van der Waals surface area contributed by atoms with Gasteiger partial charge in [-0.05, 0) is 19.3 Å². The van der Waals surface area contributed by atoms with Crippen molar-refractivity contribution in [2.45, 2.75) is 37.7 Å². The Morgan fingerprint density at radius 3 is 2.94 bits per heavy atom. The second-order valence-electron chi connectivity index (χ2n) is 4.27. The first-order valence-corrected chi connectivity index (χ1v) is 5.85. The highest BCUT2D eigenvalue weighted by Gasteiger charge is 2.22. The van der Waals surface area contributed by atoms with Gasteiger partial charge in [-0.25, -0.2) is 4.68 Å². The number of aromatic nitrogens is 2. The van der Waals surface area contributed by atoms with Gasteiger partial charge in [-0.3, -0.25) is 0 Å². The first kappa shape index (κ1) is 12.5. The van der Waals surface area contributed by atoms with E-state index in [9.17, 15) is 10.2 Å². The van der Waals surface area contributed by atoms with Crippen molar-refractivity contribution in [3.05, 3.63) is 18.0 Å². The second-order valence-corrected chi connectivity index (χ2v) is 4.27. The van der Waals surface area contributed by atoms with Crippen molar-refractivity contribution in [2.24, 2.45) is 0 Å². The Hall–Kier alpha value is -0.950. The van der Waals surface area contributed by atoms with Gasteiger partial charge in [-0.15, -0.1) is 0 Å². The molecule has 0 spiro atoms. The molecule has 96 valence electrons. The van der Waals surface area contributed by atoms with Gasteiger partial charge < -0.3 is 20.1 Å². The third-order valence-corrected chi connectivity index (χ3v) is 2.97. The molecule has 17 heavy (non-hydrogen) atoms. The molecule has 2 heterocycles. The molecule has 3 N–H and O–H groups in total. The van der Waals surface area contributed by atoms with Crippen molar-refractivity contribution in [1.29, 1.82) is 0 Å². The SMILES string of the molecule is OCC(O)C(O)c1cnn([C@@H]2CCCCO2)c1. The Balaban J connectivity index is 2.04. The maximum Gasteiger partial charge on any atom is 0.150 e. The van der Waals surface area contributed by atoms with E-state index < -0.39 is 18.8 Å². The molecule has 1 aromatic heterocycles. The van der Waals surface area contributed by atoms with Crippen LogP contribution >= 0.6 is 0 Å². The fourth-order valence-electron chi connectivity index (χ4n) is 1.92. The Morgan fingerprint density at radius 2 is 2.29 bits per heavy atom. The van der Waals surface area contributed by atoms with Crippen LogP contribution in [0.2, 0.25) is 0 Å². The first-order valence-electron chi connectivity index (χ1n) is 5.85. The van der Waals surface area contributed by atoms with Gasteiger partial charge in [-0.2, -0.15) is 5.10 Å². The van der Waals surface area contributed by atoms with Crippen molar-refractivity contribution in [1.82, 2.24) is 9.78 Å². The van der Waals surface area contributed by atoms with Crippen LogP contribution in [0.3, 0.4) is 0 Å². The smallest absolute Gasteiger partial charge is 0.150 e. The van der Waals surface area contributed by atoms with Gasteiger partial charge in [0.25, 0.3) is 0 Å². The Labute approximate surface area is 99.4 Å².